The zero-order valence-electron chi connectivity index (χ0n) is 8.06. The molecule has 96 valence electrons. The van der Waals surface area contributed by atoms with E-state index in [4.69, 9.17) is 25.5 Å². The van der Waals surface area contributed by atoms with Crippen molar-refractivity contribution in [3.05, 3.63) is 0 Å². The van der Waals surface area contributed by atoms with Crippen molar-refractivity contribution in [3.8, 4) is 0 Å². The standard InChI is InChI=1S/C7H8O10/c8-2(9)1-7(5(13)14,6(15)16)17-4(12)3(10)11/h4,12H,1H2,(H,8,9)(H,10,11)(H,13,14)(H,15,16). The second-order valence-corrected chi connectivity index (χ2v) is 2.82. The molecule has 1 atom stereocenters. The molecule has 0 aromatic heterocycles. The minimum absolute atomic E-state index is 1.55. The van der Waals surface area contributed by atoms with Crippen LogP contribution in [0.2, 0.25) is 0 Å². The molecule has 0 heterocycles. The van der Waals surface area contributed by atoms with E-state index in [1.165, 1.54) is 0 Å². The molecule has 0 saturated heterocycles. The van der Waals surface area contributed by atoms with Crippen LogP contribution in [0.15, 0.2) is 0 Å². The van der Waals surface area contributed by atoms with Gasteiger partial charge in [0.05, 0.1) is 6.42 Å². The summed E-state index contributed by atoms with van der Waals surface area (Å²) in [6.07, 6.45) is -4.33. The Bertz CT molecular complexity index is 344. The summed E-state index contributed by atoms with van der Waals surface area (Å²) < 4.78 is 3.91. The second-order valence-electron chi connectivity index (χ2n) is 2.82. The quantitative estimate of drug-likeness (QED) is 0.246. The number of hydrogen-bond donors (Lipinski definition) is 5. The third-order valence-corrected chi connectivity index (χ3v) is 1.62. The Morgan fingerprint density at radius 3 is 1.65 bits per heavy atom. The first-order valence-corrected chi connectivity index (χ1v) is 3.90. The van der Waals surface area contributed by atoms with Crippen LogP contribution >= 0.6 is 0 Å². The van der Waals surface area contributed by atoms with E-state index < -0.39 is 42.2 Å². The minimum atomic E-state index is -3.37. The van der Waals surface area contributed by atoms with Gasteiger partial charge in [-0.2, -0.15) is 0 Å². The molecule has 0 fully saturated rings. The molecule has 0 saturated carbocycles. The molecule has 0 radical (unpaired) electrons. The SMILES string of the molecule is O=C(O)CC(OC(O)C(=O)O)(C(=O)O)C(=O)O. The van der Waals surface area contributed by atoms with Crippen molar-refractivity contribution in [1.29, 1.82) is 0 Å². The largest absolute Gasteiger partial charge is 0.481 e. The van der Waals surface area contributed by atoms with Crippen molar-refractivity contribution in [2.24, 2.45) is 0 Å². The number of hydrogen-bond acceptors (Lipinski definition) is 6. The van der Waals surface area contributed by atoms with Gasteiger partial charge in [0.25, 0.3) is 11.9 Å². The molecule has 0 rings (SSSR count). The third kappa shape index (κ3) is 3.39. The molecule has 17 heavy (non-hydrogen) atoms. The number of carboxylic acids is 4. The van der Waals surface area contributed by atoms with E-state index in [9.17, 15) is 19.2 Å². The highest BCUT2D eigenvalue weighted by Gasteiger charge is 2.52. The lowest BCUT2D eigenvalue weighted by Gasteiger charge is -2.24. The van der Waals surface area contributed by atoms with Crippen LogP contribution in [0.5, 0.6) is 0 Å². The molecule has 10 nitrogen and oxygen atoms in total. The van der Waals surface area contributed by atoms with Crippen LogP contribution in [-0.2, 0) is 23.9 Å². The van der Waals surface area contributed by atoms with E-state index in [1.54, 1.807) is 0 Å². The Morgan fingerprint density at radius 1 is 1.00 bits per heavy atom. The highest BCUT2D eigenvalue weighted by molar-refractivity contribution is 6.05. The van der Waals surface area contributed by atoms with E-state index in [-0.39, 0.29) is 0 Å². The number of ether oxygens (including phenoxy) is 1. The van der Waals surface area contributed by atoms with Gasteiger partial charge in [-0.3, -0.25) is 4.79 Å². The van der Waals surface area contributed by atoms with Crippen LogP contribution in [0.4, 0.5) is 0 Å². The maximum Gasteiger partial charge on any atom is 0.360 e. The van der Waals surface area contributed by atoms with Gasteiger partial charge in [-0.05, 0) is 0 Å². The van der Waals surface area contributed by atoms with Gasteiger partial charge in [-0.15, -0.1) is 0 Å². The summed E-state index contributed by atoms with van der Waals surface area (Å²) in [6.45, 7) is 0. The Labute approximate surface area is 92.7 Å². The van der Waals surface area contributed by atoms with E-state index in [1.807, 2.05) is 0 Å². The number of rotatable bonds is 7. The summed E-state index contributed by atoms with van der Waals surface area (Å²) in [5, 5.41) is 42.5. The summed E-state index contributed by atoms with van der Waals surface area (Å²) in [6, 6.07) is 0. The first-order chi connectivity index (χ1) is 7.63. The molecule has 0 aromatic rings. The Balaban J connectivity index is 5.33. The van der Waals surface area contributed by atoms with E-state index in [0.29, 0.717) is 0 Å². The smallest absolute Gasteiger partial charge is 0.360 e. The maximum absolute atomic E-state index is 10.7. The highest BCUT2D eigenvalue weighted by atomic mass is 16.7. The predicted octanol–water partition coefficient (Wildman–Crippen LogP) is -2.21. The fourth-order valence-corrected chi connectivity index (χ4v) is 0.839. The molecule has 0 spiro atoms. The third-order valence-electron chi connectivity index (χ3n) is 1.62. The van der Waals surface area contributed by atoms with Gasteiger partial charge in [-0.1, -0.05) is 0 Å². The van der Waals surface area contributed by atoms with Gasteiger partial charge < -0.3 is 30.3 Å². The molecular weight excluding hydrogens is 244 g/mol. The summed E-state index contributed by atoms with van der Waals surface area (Å²) in [5.41, 5.74) is -3.37. The average molecular weight is 252 g/mol. The zero-order valence-corrected chi connectivity index (χ0v) is 8.06. The van der Waals surface area contributed by atoms with Crippen LogP contribution in [0.1, 0.15) is 6.42 Å². The molecule has 5 N–H and O–H groups in total. The molecule has 0 aliphatic carbocycles. The normalized spacial score (nSPS) is 12.8. The average Bonchev–Trinajstić information content (AvgIpc) is 2.14. The Kier molecular flexibility index (Phi) is 4.55. The fraction of sp³-hybridized carbons (Fsp3) is 0.429. The lowest BCUT2D eigenvalue weighted by Crippen LogP contribution is -2.53. The van der Waals surface area contributed by atoms with Gasteiger partial charge in [0.2, 0.25) is 0 Å². The number of aliphatic hydroxyl groups excluding tert-OH is 1. The van der Waals surface area contributed by atoms with Crippen molar-refractivity contribution in [2.45, 2.75) is 18.3 Å². The lowest BCUT2D eigenvalue weighted by molar-refractivity contribution is -0.224. The molecule has 0 bridgehead atoms. The molecule has 1 unspecified atom stereocenters. The molecular formula is C7H8O10. The van der Waals surface area contributed by atoms with Gasteiger partial charge >= 0.3 is 23.9 Å². The number of carbonyl (C=O) groups is 4. The summed E-state index contributed by atoms with van der Waals surface area (Å²) in [7, 11) is 0. The second kappa shape index (κ2) is 5.23. The van der Waals surface area contributed by atoms with Crippen LogP contribution in [0, 0.1) is 0 Å². The van der Waals surface area contributed by atoms with Gasteiger partial charge in [0.15, 0.2) is 0 Å². The first-order valence-electron chi connectivity index (χ1n) is 3.90. The summed E-state index contributed by atoms with van der Waals surface area (Å²) >= 11 is 0. The number of aliphatic carboxylic acids is 4. The molecule has 10 heteroatoms. The fourth-order valence-electron chi connectivity index (χ4n) is 0.839. The zero-order chi connectivity index (χ0) is 13.8. The monoisotopic (exact) mass is 252 g/mol. The van der Waals surface area contributed by atoms with Gasteiger partial charge in [-0.25, -0.2) is 14.4 Å². The van der Waals surface area contributed by atoms with E-state index in [2.05, 4.69) is 4.74 Å². The topological polar surface area (TPSA) is 179 Å². The maximum atomic E-state index is 10.7. The van der Waals surface area contributed by atoms with Gasteiger partial charge in [0, 0.05) is 0 Å². The highest BCUT2D eigenvalue weighted by Crippen LogP contribution is 2.19. The molecule has 0 aliphatic heterocycles. The molecule has 0 amide bonds. The van der Waals surface area contributed by atoms with E-state index >= 15 is 0 Å². The van der Waals surface area contributed by atoms with Crippen molar-refractivity contribution in [1.82, 2.24) is 0 Å². The van der Waals surface area contributed by atoms with Crippen molar-refractivity contribution >= 4 is 23.9 Å². The van der Waals surface area contributed by atoms with Gasteiger partial charge in [0.1, 0.15) is 0 Å². The minimum Gasteiger partial charge on any atom is -0.481 e. The molecule has 0 aromatic carbocycles. The van der Waals surface area contributed by atoms with Crippen molar-refractivity contribution < 1.29 is 49.4 Å². The lowest BCUT2D eigenvalue weighted by atomic mass is 10.00. The predicted molar refractivity (Wildman–Crippen MR) is 45.0 cm³/mol. The van der Waals surface area contributed by atoms with Crippen molar-refractivity contribution in [2.75, 3.05) is 0 Å². The van der Waals surface area contributed by atoms with Crippen molar-refractivity contribution in [3.63, 3.8) is 0 Å². The molecule has 0 aliphatic rings. The van der Waals surface area contributed by atoms with Crippen LogP contribution in [0.3, 0.4) is 0 Å². The summed E-state index contributed by atoms with van der Waals surface area (Å²) in [5.74, 6) is -8.39. The summed E-state index contributed by atoms with van der Waals surface area (Å²) in [4.78, 5) is 41.9. The van der Waals surface area contributed by atoms with Crippen LogP contribution in [0.25, 0.3) is 0 Å². The van der Waals surface area contributed by atoms with Crippen LogP contribution < -0.4 is 0 Å². The number of aliphatic hydroxyl groups is 1. The Hall–Kier alpha value is -2.20. The first kappa shape index (κ1) is 14.8. The van der Waals surface area contributed by atoms with E-state index in [0.717, 1.165) is 0 Å². The Morgan fingerprint density at radius 2 is 1.41 bits per heavy atom. The number of carboxylic acid groups (broad SMARTS) is 4. The van der Waals surface area contributed by atoms with Crippen LogP contribution in [-0.4, -0.2) is 61.3 Å².